The molecule has 2 atom stereocenters. The number of aryl methyl sites for hydroxylation is 1. The first kappa shape index (κ1) is 24.4. The van der Waals surface area contributed by atoms with Gasteiger partial charge in [-0.2, -0.15) is 9.57 Å². The molecule has 0 saturated carbocycles. The van der Waals surface area contributed by atoms with Crippen molar-refractivity contribution in [2.24, 2.45) is 0 Å². The van der Waals surface area contributed by atoms with E-state index in [9.17, 15) is 23.8 Å². The van der Waals surface area contributed by atoms with Gasteiger partial charge in [0.15, 0.2) is 0 Å². The molecule has 4 aromatic rings. The monoisotopic (exact) mass is 512 g/mol. The highest BCUT2D eigenvalue weighted by Crippen LogP contribution is 2.42. The van der Waals surface area contributed by atoms with Crippen LogP contribution in [0.5, 0.6) is 0 Å². The van der Waals surface area contributed by atoms with Crippen molar-refractivity contribution in [3.63, 3.8) is 0 Å². The molecular formula is C28H24N4O4S. The zero-order valence-electron chi connectivity index (χ0n) is 20.1. The summed E-state index contributed by atoms with van der Waals surface area (Å²) in [4.78, 5) is 14.7. The number of nitriles is 1. The second-order valence-corrected chi connectivity index (χ2v) is 10.9. The fourth-order valence-electron chi connectivity index (χ4n) is 5.18. The summed E-state index contributed by atoms with van der Waals surface area (Å²) in [6.07, 6.45) is 1.94. The van der Waals surface area contributed by atoms with Gasteiger partial charge in [-0.15, -0.1) is 6.58 Å². The molecule has 186 valence electrons. The molecule has 1 aliphatic rings. The number of benzene rings is 3. The highest BCUT2D eigenvalue weighted by Gasteiger charge is 2.37. The molecule has 0 amide bonds. The largest absolute Gasteiger partial charge is 0.357 e. The van der Waals surface area contributed by atoms with Gasteiger partial charge in [0.25, 0.3) is 5.69 Å². The molecule has 0 saturated heterocycles. The molecule has 9 heteroatoms. The lowest BCUT2D eigenvalue weighted by atomic mass is 9.91. The summed E-state index contributed by atoms with van der Waals surface area (Å²) >= 11 is 0. The Bertz CT molecular complexity index is 1680. The normalized spacial score (nSPS) is 16.6. The summed E-state index contributed by atoms with van der Waals surface area (Å²) in [5.41, 5.74) is 3.91. The van der Waals surface area contributed by atoms with Crippen molar-refractivity contribution in [1.29, 1.82) is 5.26 Å². The number of H-pyrrole nitrogens is 1. The van der Waals surface area contributed by atoms with E-state index in [0.717, 1.165) is 27.6 Å². The van der Waals surface area contributed by atoms with Gasteiger partial charge in [-0.05, 0) is 42.7 Å². The summed E-state index contributed by atoms with van der Waals surface area (Å²) < 4.78 is 29.0. The predicted molar refractivity (Wildman–Crippen MR) is 141 cm³/mol. The van der Waals surface area contributed by atoms with Crippen LogP contribution in [0.4, 0.5) is 5.69 Å². The number of aromatic amines is 1. The number of sulfonamides is 1. The average molecular weight is 513 g/mol. The number of nitrogens with zero attached hydrogens (tertiary/aromatic N) is 3. The minimum absolute atomic E-state index is 0.138. The first-order chi connectivity index (χ1) is 17.8. The Kier molecular flexibility index (Phi) is 6.15. The van der Waals surface area contributed by atoms with Crippen LogP contribution in [0.1, 0.15) is 39.9 Å². The van der Waals surface area contributed by atoms with Crippen LogP contribution in [-0.2, 0) is 16.4 Å². The van der Waals surface area contributed by atoms with E-state index < -0.39 is 26.9 Å². The van der Waals surface area contributed by atoms with Crippen LogP contribution in [0.3, 0.4) is 0 Å². The van der Waals surface area contributed by atoms with Gasteiger partial charge in [0.1, 0.15) is 5.92 Å². The zero-order chi connectivity index (χ0) is 26.3. The number of aromatic nitrogens is 1. The van der Waals surface area contributed by atoms with Gasteiger partial charge in [0, 0.05) is 29.2 Å². The molecule has 1 unspecified atom stereocenters. The molecule has 37 heavy (non-hydrogen) atoms. The van der Waals surface area contributed by atoms with Gasteiger partial charge < -0.3 is 4.98 Å². The minimum Gasteiger partial charge on any atom is -0.357 e. The molecule has 0 bridgehead atoms. The molecule has 1 N–H and O–H groups in total. The van der Waals surface area contributed by atoms with Gasteiger partial charge in [-0.1, -0.05) is 54.1 Å². The molecule has 5 rings (SSSR count). The molecule has 0 radical (unpaired) electrons. The fourth-order valence-corrected chi connectivity index (χ4v) is 6.76. The highest BCUT2D eigenvalue weighted by molar-refractivity contribution is 7.89. The lowest BCUT2D eigenvalue weighted by molar-refractivity contribution is -0.385. The maximum Gasteiger partial charge on any atom is 0.274 e. The van der Waals surface area contributed by atoms with Crippen molar-refractivity contribution < 1.29 is 13.3 Å². The molecule has 0 spiro atoms. The first-order valence-corrected chi connectivity index (χ1v) is 13.2. The number of nitro benzene ring substituents is 1. The number of rotatable bonds is 6. The van der Waals surface area contributed by atoms with Crippen LogP contribution in [0.25, 0.3) is 10.9 Å². The van der Waals surface area contributed by atoms with E-state index in [4.69, 9.17) is 0 Å². The van der Waals surface area contributed by atoms with Crippen LogP contribution in [0.15, 0.2) is 84.3 Å². The van der Waals surface area contributed by atoms with Crippen molar-refractivity contribution in [3.05, 3.63) is 117 Å². The van der Waals surface area contributed by atoms with Gasteiger partial charge in [0.2, 0.25) is 10.0 Å². The van der Waals surface area contributed by atoms with Crippen LogP contribution >= 0.6 is 0 Å². The standard InChI is InChI=1S/C28H24N4O4S/c1-3-25-21-8-6-9-24-27(21)22(15-16-31(25)37(35,36)19-13-11-18(2)12-14-19)28(30-24)23(17-29)20-7-4-5-10-26(20)32(33)34/h3-14,23,25,30H,1,15-16H2,2H3/t23?,25-/m1/s1. The van der Waals surface area contributed by atoms with Crippen LogP contribution in [0.2, 0.25) is 0 Å². The van der Waals surface area contributed by atoms with E-state index in [-0.39, 0.29) is 22.7 Å². The van der Waals surface area contributed by atoms with Crippen molar-refractivity contribution >= 4 is 26.6 Å². The molecule has 0 fully saturated rings. The van der Waals surface area contributed by atoms with E-state index in [0.29, 0.717) is 12.1 Å². The number of para-hydroxylation sites is 1. The zero-order valence-corrected chi connectivity index (χ0v) is 20.9. The number of hydrogen-bond acceptors (Lipinski definition) is 5. The van der Waals surface area contributed by atoms with E-state index in [1.165, 1.54) is 10.4 Å². The van der Waals surface area contributed by atoms with Crippen LogP contribution in [-0.4, -0.2) is 29.2 Å². The van der Waals surface area contributed by atoms with E-state index in [1.54, 1.807) is 48.5 Å². The summed E-state index contributed by atoms with van der Waals surface area (Å²) in [6.45, 7) is 6.00. The number of nitrogens with one attached hydrogen (secondary N) is 1. The molecule has 8 nitrogen and oxygen atoms in total. The Morgan fingerprint density at radius 2 is 1.89 bits per heavy atom. The van der Waals surface area contributed by atoms with Gasteiger partial charge >= 0.3 is 0 Å². The molecule has 2 heterocycles. The van der Waals surface area contributed by atoms with Crippen LogP contribution < -0.4 is 0 Å². The van der Waals surface area contributed by atoms with E-state index in [2.05, 4.69) is 17.6 Å². The summed E-state index contributed by atoms with van der Waals surface area (Å²) in [6, 6.07) is 20.1. The third-order valence-corrected chi connectivity index (χ3v) is 8.81. The van der Waals surface area contributed by atoms with Crippen molar-refractivity contribution in [1.82, 2.24) is 9.29 Å². The van der Waals surface area contributed by atoms with Crippen LogP contribution in [0, 0.1) is 28.4 Å². The highest BCUT2D eigenvalue weighted by atomic mass is 32.2. The lowest BCUT2D eigenvalue weighted by Crippen LogP contribution is -2.35. The summed E-state index contributed by atoms with van der Waals surface area (Å²) in [5.74, 6) is -0.931. The topological polar surface area (TPSA) is 120 Å². The fraction of sp³-hybridized carbons (Fsp3) is 0.179. The second kappa shape index (κ2) is 9.32. The van der Waals surface area contributed by atoms with Crippen molar-refractivity contribution in [3.8, 4) is 6.07 Å². The van der Waals surface area contributed by atoms with Gasteiger partial charge in [-0.3, -0.25) is 10.1 Å². The number of hydrogen-bond donors (Lipinski definition) is 1. The molecule has 1 aromatic heterocycles. The van der Waals surface area contributed by atoms with Crippen molar-refractivity contribution in [2.45, 2.75) is 30.2 Å². The first-order valence-electron chi connectivity index (χ1n) is 11.7. The molecular weight excluding hydrogens is 488 g/mol. The lowest BCUT2D eigenvalue weighted by Gasteiger charge is -2.28. The predicted octanol–water partition coefficient (Wildman–Crippen LogP) is 5.51. The Balaban J connectivity index is 1.68. The summed E-state index contributed by atoms with van der Waals surface area (Å²) in [7, 11) is -3.87. The quantitative estimate of drug-likeness (QED) is 0.207. The maximum absolute atomic E-state index is 13.8. The Morgan fingerprint density at radius 3 is 2.57 bits per heavy atom. The second-order valence-electron chi connectivity index (χ2n) is 9.02. The Morgan fingerprint density at radius 1 is 1.16 bits per heavy atom. The Labute approximate surface area is 214 Å². The smallest absolute Gasteiger partial charge is 0.274 e. The van der Waals surface area contributed by atoms with E-state index >= 15 is 0 Å². The van der Waals surface area contributed by atoms with Crippen molar-refractivity contribution in [2.75, 3.05) is 6.54 Å². The molecule has 1 aliphatic heterocycles. The number of nitro groups is 1. The molecule has 3 aromatic carbocycles. The summed E-state index contributed by atoms with van der Waals surface area (Å²) in [5, 5.41) is 22.7. The third kappa shape index (κ3) is 4.00. The average Bonchev–Trinajstić information content (AvgIpc) is 3.15. The van der Waals surface area contributed by atoms with Gasteiger partial charge in [0.05, 0.1) is 27.5 Å². The maximum atomic E-state index is 13.8. The molecule has 0 aliphatic carbocycles. The SMILES string of the molecule is C=C[C@@H]1c2cccc3[nH]c(C(C#N)c4ccccc4[N+](=O)[O-])c(c23)CCN1S(=O)(=O)c1ccc(C)cc1. The third-order valence-electron chi connectivity index (χ3n) is 6.92. The minimum atomic E-state index is -3.87. The van der Waals surface area contributed by atoms with E-state index in [1.807, 2.05) is 25.1 Å². The Hall–Kier alpha value is -4.26. The van der Waals surface area contributed by atoms with Gasteiger partial charge in [-0.25, -0.2) is 8.42 Å².